The Kier molecular flexibility index (Phi) is 5.07. The van der Waals surface area contributed by atoms with Crippen molar-refractivity contribution in [1.29, 1.82) is 0 Å². The van der Waals surface area contributed by atoms with Crippen molar-refractivity contribution in [2.75, 3.05) is 0 Å². The van der Waals surface area contributed by atoms with Gasteiger partial charge in [-0.25, -0.2) is 4.98 Å². The van der Waals surface area contributed by atoms with E-state index in [4.69, 9.17) is 0 Å². The average molecular weight is 400 g/mol. The second kappa shape index (κ2) is 6.59. The number of H-pyrrole nitrogens is 1. The second-order valence-electron chi connectivity index (χ2n) is 3.97. The molecule has 19 heavy (non-hydrogen) atoms. The first-order chi connectivity index (χ1) is 8.81. The number of para-hydroxylation sites is 2. The Morgan fingerprint density at radius 1 is 1.05 bits per heavy atom. The fourth-order valence-corrected chi connectivity index (χ4v) is 2.84. The van der Waals surface area contributed by atoms with E-state index in [9.17, 15) is 0 Å². The smallest absolute Gasteiger partial charge is 0.166 e. The molecule has 0 aliphatic heterocycles. The molecule has 0 unspecified atom stereocenters. The SMILES string of the molecule is Br.Brc1ccc(CSc2nc3ccccc3[nH]2)cc1. The van der Waals surface area contributed by atoms with E-state index >= 15 is 0 Å². The number of nitrogens with one attached hydrogen (secondary N) is 1. The van der Waals surface area contributed by atoms with Crippen LogP contribution in [0, 0.1) is 0 Å². The molecule has 0 radical (unpaired) electrons. The summed E-state index contributed by atoms with van der Waals surface area (Å²) in [5, 5.41) is 0.971. The minimum Gasteiger partial charge on any atom is -0.333 e. The van der Waals surface area contributed by atoms with Crippen LogP contribution in [0.3, 0.4) is 0 Å². The first-order valence-electron chi connectivity index (χ1n) is 5.63. The summed E-state index contributed by atoms with van der Waals surface area (Å²) in [6.07, 6.45) is 0. The van der Waals surface area contributed by atoms with Crippen LogP contribution in [0.1, 0.15) is 5.56 Å². The van der Waals surface area contributed by atoms with Crippen molar-refractivity contribution in [3.8, 4) is 0 Å². The standard InChI is InChI=1S/C14H11BrN2S.BrH/c15-11-7-5-10(6-8-11)9-18-14-16-12-3-1-2-4-13(12)17-14;/h1-8H,9H2,(H,16,17);1H. The fourth-order valence-electron chi connectivity index (χ4n) is 1.73. The summed E-state index contributed by atoms with van der Waals surface area (Å²) in [7, 11) is 0. The summed E-state index contributed by atoms with van der Waals surface area (Å²) in [5.41, 5.74) is 3.41. The number of aromatic nitrogens is 2. The zero-order chi connectivity index (χ0) is 12.4. The molecule has 1 aromatic heterocycles. The molecule has 0 fully saturated rings. The summed E-state index contributed by atoms with van der Waals surface area (Å²) in [4.78, 5) is 7.86. The molecule has 5 heteroatoms. The van der Waals surface area contributed by atoms with Crippen LogP contribution in [0.4, 0.5) is 0 Å². The molecule has 1 N–H and O–H groups in total. The van der Waals surface area contributed by atoms with Crippen molar-refractivity contribution >= 4 is 55.7 Å². The van der Waals surface area contributed by atoms with E-state index in [0.29, 0.717) is 0 Å². The van der Waals surface area contributed by atoms with Gasteiger partial charge in [0.05, 0.1) is 11.0 Å². The number of hydrogen-bond donors (Lipinski definition) is 1. The van der Waals surface area contributed by atoms with E-state index in [-0.39, 0.29) is 17.0 Å². The van der Waals surface area contributed by atoms with E-state index in [1.54, 1.807) is 11.8 Å². The number of nitrogens with zero attached hydrogens (tertiary/aromatic N) is 1. The van der Waals surface area contributed by atoms with Crippen LogP contribution in [-0.2, 0) is 5.75 Å². The van der Waals surface area contributed by atoms with E-state index in [2.05, 4.69) is 50.2 Å². The van der Waals surface area contributed by atoms with Gasteiger partial charge in [0.1, 0.15) is 0 Å². The Labute approximate surface area is 134 Å². The van der Waals surface area contributed by atoms with Crippen LogP contribution >= 0.6 is 44.7 Å². The van der Waals surface area contributed by atoms with Crippen molar-refractivity contribution in [3.05, 3.63) is 58.6 Å². The topological polar surface area (TPSA) is 28.7 Å². The maximum absolute atomic E-state index is 4.54. The Morgan fingerprint density at radius 2 is 1.79 bits per heavy atom. The van der Waals surface area contributed by atoms with E-state index < -0.39 is 0 Å². The third-order valence-electron chi connectivity index (χ3n) is 2.66. The molecule has 0 amide bonds. The predicted octanol–water partition coefficient (Wildman–Crippen LogP) is 5.20. The maximum Gasteiger partial charge on any atom is 0.166 e. The quantitative estimate of drug-likeness (QED) is 0.613. The number of aromatic amines is 1. The van der Waals surface area contributed by atoms with Gasteiger partial charge in [-0.05, 0) is 29.8 Å². The van der Waals surface area contributed by atoms with Crippen LogP contribution in [-0.4, -0.2) is 9.97 Å². The summed E-state index contributed by atoms with van der Waals surface area (Å²) >= 11 is 5.16. The zero-order valence-corrected chi connectivity index (χ0v) is 14.1. The lowest BCUT2D eigenvalue weighted by molar-refractivity contribution is 1.08. The van der Waals surface area contributed by atoms with Crippen molar-refractivity contribution < 1.29 is 0 Å². The second-order valence-corrected chi connectivity index (χ2v) is 5.85. The molecule has 1 heterocycles. The molecule has 3 aromatic rings. The van der Waals surface area contributed by atoms with Crippen LogP contribution in [0.25, 0.3) is 11.0 Å². The lowest BCUT2D eigenvalue weighted by atomic mass is 10.2. The van der Waals surface area contributed by atoms with Crippen molar-refractivity contribution in [2.45, 2.75) is 10.9 Å². The van der Waals surface area contributed by atoms with E-state index in [1.165, 1.54) is 5.56 Å². The summed E-state index contributed by atoms with van der Waals surface area (Å²) < 4.78 is 1.11. The molecule has 0 spiro atoms. The molecular formula is C14H12Br2N2S. The van der Waals surface area contributed by atoms with Gasteiger partial charge in [-0.15, -0.1) is 17.0 Å². The molecule has 2 nitrogen and oxygen atoms in total. The molecule has 3 rings (SSSR count). The fraction of sp³-hybridized carbons (Fsp3) is 0.0714. The highest BCUT2D eigenvalue weighted by Crippen LogP contribution is 2.23. The lowest BCUT2D eigenvalue weighted by Crippen LogP contribution is -1.81. The highest BCUT2D eigenvalue weighted by atomic mass is 79.9. The Hall–Kier alpha value is -0.780. The average Bonchev–Trinajstić information content (AvgIpc) is 2.81. The van der Waals surface area contributed by atoms with Gasteiger partial charge < -0.3 is 4.98 Å². The van der Waals surface area contributed by atoms with Gasteiger partial charge in [-0.2, -0.15) is 0 Å². The number of fused-ring (bicyclic) bond motifs is 1. The minimum absolute atomic E-state index is 0. The number of halogens is 2. The molecule has 2 aromatic carbocycles. The normalized spacial score (nSPS) is 10.4. The molecule has 0 saturated carbocycles. The van der Waals surface area contributed by atoms with Gasteiger partial charge in [0.25, 0.3) is 0 Å². The molecule has 0 aliphatic rings. The highest BCUT2D eigenvalue weighted by molar-refractivity contribution is 9.10. The van der Waals surface area contributed by atoms with E-state index in [1.807, 2.05) is 24.3 Å². The third kappa shape index (κ3) is 3.61. The van der Waals surface area contributed by atoms with Gasteiger partial charge in [0.2, 0.25) is 0 Å². The van der Waals surface area contributed by atoms with E-state index in [0.717, 1.165) is 26.4 Å². The van der Waals surface area contributed by atoms with Crippen LogP contribution in [0.2, 0.25) is 0 Å². The van der Waals surface area contributed by atoms with Crippen LogP contribution in [0.15, 0.2) is 58.2 Å². The van der Waals surface area contributed by atoms with Crippen molar-refractivity contribution in [2.24, 2.45) is 0 Å². The Bertz CT molecular complexity index is 632. The lowest BCUT2D eigenvalue weighted by Gasteiger charge is -1.99. The zero-order valence-electron chi connectivity index (χ0n) is 9.97. The van der Waals surface area contributed by atoms with Gasteiger partial charge >= 0.3 is 0 Å². The predicted molar refractivity (Wildman–Crippen MR) is 90.1 cm³/mol. The molecular weight excluding hydrogens is 388 g/mol. The molecule has 0 saturated heterocycles. The van der Waals surface area contributed by atoms with Gasteiger partial charge in [-0.3, -0.25) is 0 Å². The number of imidazole rings is 1. The van der Waals surface area contributed by atoms with Crippen molar-refractivity contribution in [3.63, 3.8) is 0 Å². The van der Waals surface area contributed by atoms with Crippen LogP contribution < -0.4 is 0 Å². The Morgan fingerprint density at radius 3 is 2.53 bits per heavy atom. The van der Waals surface area contributed by atoms with Crippen LogP contribution in [0.5, 0.6) is 0 Å². The number of hydrogen-bond acceptors (Lipinski definition) is 2. The number of rotatable bonds is 3. The minimum atomic E-state index is 0. The van der Waals surface area contributed by atoms with Gasteiger partial charge in [0.15, 0.2) is 5.16 Å². The molecule has 0 aliphatic carbocycles. The Balaban J connectivity index is 0.00000133. The summed E-state index contributed by atoms with van der Waals surface area (Å²) in [6, 6.07) is 16.5. The number of thioether (sulfide) groups is 1. The van der Waals surface area contributed by atoms with Crippen molar-refractivity contribution in [1.82, 2.24) is 9.97 Å². The monoisotopic (exact) mass is 398 g/mol. The first-order valence-corrected chi connectivity index (χ1v) is 7.41. The first kappa shape index (κ1) is 14.6. The highest BCUT2D eigenvalue weighted by Gasteiger charge is 2.02. The largest absolute Gasteiger partial charge is 0.333 e. The summed E-state index contributed by atoms with van der Waals surface area (Å²) in [6.45, 7) is 0. The molecule has 0 bridgehead atoms. The maximum atomic E-state index is 4.54. The van der Waals surface area contributed by atoms with Gasteiger partial charge in [0, 0.05) is 10.2 Å². The summed E-state index contributed by atoms with van der Waals surface area (Å²) in [5.74, 6) is 0.924. The number of benzene rings is 2. The van der Waals surface area contributed by atoms with Gasteiger partial charge in [-0.1, -0.05) is 52.0 Å². The molecule has 98 valence electrons. The molecule has 0 atom stereocenters. The third-order valence-corrected chi connectivity index (χ3v) is 4.13.